The van der Waals surface area contributed by atoms with Gasteiger partial charge in [0, 0.05) is 8.07 Å². The number of carboxylic acid groups (broad SMARTS) is 1. The van der Waals surface area contributed by atoms with Crippen molar-refractivity contribution in [1.29, 1.82) is 0 Å². The molecule has 0 aliphatic rings. The van der Waals surface area contributed by atoms with E-state index in [1.165, 1.54) is 0 Å². The van der Waals surface area contributed by atoms with Gasteiger partial charge in [-0.15, -0.1) is 0 Å². The lowest BCUT2D eigenvalue weighted by atomic mass is 10.1. The average molecular weight is 421 g/mol. The van der Waals surface area contributed by atoms with Crippen LogP contribution in [0.4, 0.5) is 0 Å². The Labute approximate surface area is 160 Å². The molecule has 0 radical (unpaired) electrons. The summed E-state index contributed by atoms with van der Waals surface area (Å²) in [6.07, 6.45) is 0.817. The Morgan fingerprint density at radius 1 is 0.920 bits per heavy atom. The number of hydrogen-bond acceptors (Lipinski definition) is 3. The SMILES string of the molecule is C[Si](C)(C)C(CCN)C(C(=O)O)(N([Si](C)(C)C)[Si](C)(C)C)[Si](C)(C)C. The second-order valence-electron chi connectivity index (χ2n) is 11.5. The largest absolute Gasteiger partial charge is 0.480 e. The van der Waals surface area contributed by atoms with Gasteiger partial charge >= 0.3 is 5.97 Å². The van der Waals surface area contributed by atoms with Gasteiger partial charge in [0.25, 0.3) is 0 Å². The van der Waals surface area contributed by atoms with E-state index in [0.717, 1.165) is 6.42 Å². The van der Waals surface area contributed by atoms with Gasteiger partial charge in [0.15, 0.2) is 0 Å². The normalized spacial score (nSPS) is 18.2. The van der Waals surface area contributed by atoms with Gasteiger partial charge in [-0.2, -0.15) is 0 Å². The molecule has 0 bridgehead atoms. The minimum Gasteiger partial charge on any atom is -0.480 e. The van der Waals surface area contributed by atoms with E-state index >= 15 is 0 Å². The monoisotopic (exact) mass is 420 g/mol. The van der Waals surface area contributed by atoms with Crippen molar-refractivity contribution in [3.63, 3.8) is 0 Å². The van der Waals surface area contributed by atoms with Crippen LogP contribution in [0.25, 0.3) is 0 Å². The van der Waals surface area contributed by atoms with E-state index in [2.05, 4.69) is 82.8 Å². The van der Waals surface area contributed by atoms with Crippen LogP contribution in [-0.4, -0.2) is 59.6 Å². The molecule has 25 heavy (non-hydrogen) atoms. The van der Waals surface area contributed by atoms with Crippen molar-refractivity contribution < 1.29 is 9.90 Å². The quantitative estimate of drug-likeness (QED) is 0.530. The molecule has 0 fully saturated rings. The smallest absolute Gasteiger partial charge is 0.319 e. The van der Waals surface area contributed by atoms with Crippen molar-refractivity contribution in [2.75, 3.05) is 6.54 Å². The van der Waals surface area contributed by atoms with E-state index < -0.39 is 43.8 Å². The summed E-state index contributed by atoms with van der Waals surface area (Å²) in [4.78, 5) is 13.2. The number of rotatable bonds is 9. The highest BCUT2D eigenvalue weighted by Gasteiger charge is 2.65. The van der Waals surface area contributed by atoms with E-state index in [-0.39, 0.29) is 5.54 Å². The highest BCUT2D eigenvalue weighted by atomic mass is 28.4. The molecule has 0 saturated carbocycles. The summed E-state index contributed by atoms with van der Waals surface area (Å²) in [5.41, 5.74) is 6.21. The summed E-state index contributed by atoms with van der Waals surface area (Å²) in [5, 5.41) is 10.1. The van der Waals surface area contributed by atoms with Gasteiger partial charge in [-0.05, 0) is 18.5 Å². The van der Waals surface area contributed by atoms with E-state index in [4.69, 9.17) is 5.73 Å². The summed E-state index contributed by atoms with van der Waals surface area (Å²) in [7, 11) is -7.62. The first-order chi connectivity index (χ1) is 10.8. The first-order valence-corrected chi connectivity index (χ1v) is 23.5. The minimum absolute atomic E-state index is 0.174. The molecule has 0 aromatic carbocycles. The number of carboxylic acids is 1. The number of nitrogens with zero attached hydrogens (tertiary/aromatic N) is 1. The second kappa shape index (κ2) is 7.71. The van der Waals surface area contributed by atoms with E-state index in [9.17, 15) is 9.90 Å². The molecule has 150 valence electrons. The maximum Gasteiger partial charge on any atom is 0.319 e. The van der Waals surface area contributed by atoms with Crippen LogP contribution in [-0.2, 0) is 4.79 Å². The van der Waals surface area contributed by atoms with Crippen molar-refractivity contribution in [3.05, 3.63) is 0 Å². The molecule has 0 amide bonds. The van der Waals surface area contributed by atoms with Gasteiger partial charge in [-0.1, -0.05) is 78.6 Å². The van der Waals surface area contributed by atoms with Crippen molar-refractivity contribution in [3.8, 4) is 0 Å². The summed E-state index contributed by atoms with van der Waals surface area (Å²) < 4.78 is 2.61. The fourth-order valence-electron chi connectivity index (χ4n) is 5.08. The van der Waals surface area contributed by atoms with Crippen LogP contribution in [0, 0.1) is 0 Å². The summed E-state index contributed by atoms with van der Waals surface area (Å²) >= 11 is 0. The molecule has 0 aromatic heterocycles. The molecule has 4 nitrogen and oxygen atoms in total. The second-order valence-corrected chi connectivity index (χ2v) is 32.2. The first-order valence-electron chi connectivity index (χ1n) is 9.49. The zero-order chi connectivity index (χ0) is 20.6. The van der Waals surface area contributed by atoms with Gasteiger partial charge in [-0.25, -0.2) is 0 Å². The Kier molecular flexibility index (Phi) is 7.79. The maximum atomic E-state index is 13.2. The molecule has 0 saturated heterocycles. The fourth-order valence-corrected chi connectivity index (χ4v) is 27.7. The van der Waals surface area contributed by atoms with Crippen molar-refractivity contribution in [1.82, 2.24) is 4.23 Å². The molecule has 0 rings (SSSR count). The molecule has 8 heteroatoms. The highest BCUT2D eigenvalue weighted by Crippen LogP contribution is 2.49. The maximum absolute atomic E-state index is 13.2. The number of hydrogen-bond donors (Lipinski definition) is 2. The van der Waals surface area contributed by atoms with E-state index in [1.807, 2.05) is 0 Å². The van der Waals surface area contributed by atoms with Gasteiger partial charge in [0.2, 0.25) is 0 Å². The Morgan fingerprint density at radius 2 is 1.28 bits per heavy atom. The molecule has 3 N–H and O–H groups in total. The first kappa shape index (κ1) is 25.3. The molecule has 0 aliphatic heterocycles. The molecular formula is C17H44N2O2Si4. The van der Waals surface area contributed by atoms with Gasteiger partial charge < -0.3 is 15.1 Å². The predicted molar refractivity (Wildman–Crippen MR) is 123 cm³/mol. The summed E-state index contributed by atoms with van der Waals surface area (Å²) in [6, 6.07) is 0. The Balaban J connectivity index is 7.19. The Bertz CT molecular complexity index is 459. The lowest BCUT2D eigenvalue weighted by Gasteiger charge is -2.63. The topological polar surface area (TPSA) is 66.6 Å². The van der Waals surface area contributed by atoms with Gasteiger partial charge in [0.1, 0.15) is 16.5 Å². The molecular weight excluding hydrogens is 377 g/mol. The lowest BCUT2D eigenvalue weighted by molar-refractivity contribution is -0.143. The average Bonchev–Trinajstić information content (AvgIpc) is 2.26. The number of carbonyl (C=O) groups is 1. The zero-order valence-corrected chi connectivity index (χ0v) is 22.9. The molecule has 2 unspecified atom stereocenters. The molecule has 0 aliphatic carbocycles. The molecule has 0 spiro atoms. The van der Waals surface area contributed by atoms with E-state index in [1.54, 1.807) is 0 Å². The van der Waals surface area contributed by atoms with Crippen molar-refractivity contribution in [2.45, 2.75) is 95.7 Å². The van der Waals surface area contributed by atoms with Crippen LogP contribution < -0.4 is 5.73 Å². The summed E-state index contributed by atoms with van der Waals surface area (Å²) in [6.45, 7) is 28.3. The van der Waals surface area contributed by atoms with E-state index in [0.29, 0.717) is 6.54 Å². The molecule has 0 heterocycles. The van der Waals surface area contributed by atoms with Crippen molar-refractivity contribution >= 4 is 38.6 Å². The van der Waals surface area contributed by atoms with Crippen molar-refractivity contribution in [2.24, 2.45) is 5.73 Å². The van der Waals surface area contributed by atoms with Crippen LogP contribution in [0.1, 0.15) is 6.42 Å². The fraction of sp³-hybridized carbons (Fsp3) is 0.941. The zero-order valence-electron chi connectivity index (χ0n) is 18.9. The Hall–Kier alpha value is 0.258. The Morgan fingerprint density at radius 3 is 1.44 bits per heavy atom. The minimum atomic E-state index is -2.12. The standard InChI is InChI=1S/C17H44N2O2Si4/c1-22(2,3)15(13-14-18)17(16(20)21,23(4,5)6)19(24(7,8)9)25(10,11)12/h15H,13-14,18H2,1-12H3,(H,20,21). The van der Waals surface area contributed by atoms with Gasteiger partial charge in [0.05, 0.1) is 13.2 Å². The third-order valence-corrected chi connectivity index (χ3v) is 19.2. The molecule has 2 atom stereocenters. The van der Waals surface area contributed by atoms with Crippen LogP contribution in [0.15, 0.2) is 0 Å². The van der Waals surface area contributed by atoms with Crippen LogP contribution in [0.5, 0.6) is 0 Å². The highest BCUT2D eigenvalue weighted by molar-refractivity contribution is 6.95. The molecule has 0 aromatic rings. The lowest BCUT2D eigenvalue weighted by Crippen LogP contribution is -2.82. The predicted octanol–water partition coefficient (Wildman–Crippen LogP) is 4.72. The van der Waals surface area contributed by atoms with Gasteiger partial charge in [-0.3, -0.25) is 4.79 Å². The third-order valence-electron chi connectivity index (χ3n) is 5.17. The van der Waals surface area contributed by atoms with Crippen LogP contribution in [0.3, 0.4) is 0 Å². The number of nitrogens with two attached hydrogens (primary N) is 1. The number of aliphatic carboxylic acids is 1. The van der Waals surface area contributed by atoms with Crippen LogP contribution in [0.2, 0.25) is 84.1 Å². The summed E-state index contributed by atoms with van der Waals surface area (Å²) in [5.74, 6) is -0.586. The third kappa shape index (κ3) is 5.16. The van der Waals surface area contributed by atoms with Crippen LogP contribution >= 0.6 is 0 Å².